The van der Waals surface area contributed by atoms with Gasteiger partial charge in [0, 0.05) is 27.3 Å². The van der Waals surface area contributed by atoms with Crippen LogP contribution in [-0.4, -0.2) is 5.78 Å². The number of fused-ring (bicyclic) bond motifs is 5. The number of ketones is 1. The number of carbonyl (C=O) groups excluding carboxylic acids is 1. The van der Waals surface area contributed by atoms with Crippen LogP contribution < -0.4 is 0 Å². The first-order valence-electron chi connectivity index (χ1n) is 6.92. The number of rotatable bonds is 0. The number of thiophene rings is 1. The van der Waals surface area contributed by atoms with Gasteiger partial charge in [-0.2, -0.15) is 0 Å². The molecule has 1 aromatic carbocycles. The molecule has 2 heteroatoms. The van der Waals surface area contributed by atoms with Crippen molar-refractivity contribution in [2.45, 2.75) is 19.8 Å². The standard InChI is InChI=1S/C17H16OS/c1-9-10(2)17(18)12-7-8-14-16(15(9)12)11-5-3-4-6-13(11)19-14/h3-10,12,15H,1-2H3. The maximum atomic E-state index is 12.4. The first kappa shape index (κ1) is 11.4. The molecule has 0 radical (unpaired) electrons. The minimum atomic E-state index is 0.107. The van der Waals surface area contributed by atoms with Crippen LogP contribution in [0.5, 0.6) is 0 Å². The monoisotopic (exact) mass is 268 g/mol. The van der Waals surface area contributed by atoms with E-state index in [-0.39, 0.29) is 11.8 Å². The molecule has 1 fully saturated rings. The molecule has 1 saturated carbocycles. The van der Waals surface area contributed by atoms with E-state index in [1.807, 2.05) is 11.3 Å². The Kier molecular flexibility index (Phi) is 2.28. The topological polar surface area (TPSA) is 17.1 Å². The second-order valence-electron chi connectivity index (χ2n) is 5.84. The van der Waals surface area contributed by atoms with Gasteiger partial charge in [-0.3, -0.25) is 4.79 Å². The molecule has 2 aliphatic carbocycles. The smallest absolute Gasteiger partial charge is 0.143 e. The molecule has 0 bridgehead atoms. The predicted molar refractivity (Wildman–Crippen MR) is 80.4 cm³/mol. The van der Waals surface area contributed by atoms with Crippen molar-refractivity contribution in [3.8, 4) is 0 Å². The van der Waals surface area contributed by atoms with E-state index in [9.17, 15) is 4.79 Å². The lowest BCUT2D eigenvalue weighted by Crippen LogP contribution is -2.15. The summed E-state index contributed by atoms with van der Waals surface area (Å²) in [5.41, 5.74) is 1.43. The molecule has 2 aliphatic rings. The van der Waals surface area contributed by atoms with Gasteiger partial charge in [-0.25, -0.2) is 0 Å². The summed E-state index contributed by atoms with van der Waals surface area (Å²) >= 11 is 1.86. The van der Waals surface area contributed by atoms with Crippen LogP contribution in [-0.2, 0) is 4.79 Å². The molecule has 0 amide bonds. The summed E-state index contributed by atoms with van der Waals surface area (Å²) < 4.78 is 1.34. The Morgan fingerprint density at radius 2 is 1.95 bits per heavy atom. The number of allylic oxidation sites excluding steroid dienone is 1. The highest BCUT2D eigenvalue weighted by molar-refractivity contribution is 7.20. The molecule has 4 rings (SSSR count). The third kappa shape index (κ3) is 1.38. The Hall–Kier alpha value is -1.41. The highest BCUT2D eigenvalue weighted by Gasteiger charge is 2.47. The van der Waals surface area contributed by atoms with Gasteiger partial charge in [-0.05, 0) is 29.0 Å². The minimum Gasteiger partial charge on any atom is -0.299 e. The zero-order chi connectivity index (χ0) is 13.1. The Morgan fingerprint density at radius 1 is 1.16 bits per heavy atom. The lowest BCUT2D eigenvalue weighted by Gasteiger charge is -2.24. The fourth-order valence-corrected chi connectivity index (χ4v) is 4.95. The van der Waals surface area contributed by atoms with Crippen molar-refractivity contribution in [3.63, 3.8) is 0 Å². The van der Waals surface area contributed by atoms with Crippen LogP contribution in [0.2, 0.25) is 0 Å². The van der Waals surface area contributed by atoms with Gasteiger partial charge in [0.05, 0.1) is 0 Å². The maximum Gasteiger partial charge on any atom is 0.143 e. The van der Waals surface area contributed by atoms with E-state index < -0.39 is 0 Å². The lowest BCUT2D eigenvalue weighted by atomic mass is 9.79. The summed E-state index contributed by atoms with van der Waals surface area (Å²) in [6.45, 7) is 4.33. The Bertz CT molecular complexity index is 709. The second kappa shape index (κ2) is 3.80. The number of carbonyl (C=O) groups is 1. The van der Waals surface area contributed by atoms with E-state index in [2.05, 4.69) is 50.3 Å². The van der Waals surface area contributed by atoms with E-state index in [1.54, 1.807) is 0 Å². The fourth-order valence-electron chi connectivity index (χ4n) is 3.78. The third-order valence-electron chi connectivity index (χ3n) is 4.97. The van der Waals surface area contributed by atoms with Crippen molar-refractivity contribution in [2.75, 3.05) is 0 Å². The van der Waals surface area contributed by atoms with Gasteiger partial charge in [-0.15, -0.1) is 11.3 Å². The van der Waals surface area contributed by atoms with Gasteiger partial charge >= 0.3 is 0 Å². The summed E-state index contributed by atoms with van der Waals surface area (Å²) in [6.07, 6.45) is 4.31. The minimum absolute atomic E-state index is 0.107. The molecule has 1 heterocycles. The molecule has 0 aliphatic heterocycles. The second-order valence-corrected chi connectivity index (χ2v) is 6.92. The highest BCUT2D eigenvalue weighted by Crippen LogP contribution is 2.53. The van der Waals surface area contributed by atoms with Crippen molar-refractivity contribution < 1.29 is 4.79 Å². The zero-order valence-corrected chi connectivity index (χ0v) is 11.9. The van der Waals surface area contributed by atoms with Crippen LogP contribution in [0.15, 0.2) is 30.3 Å². The molecular weight excluding hydrogens is 252 g/mol. The number of hydrogen-bond acceptors (Lipinski definition) is 2. The first-order chi connectivity index (χ1) is 9.18. The predicted octanol–water partition coefficient (Wildman–Crippen LogP) is 4.48. The van der Waals surface area contributed by atoms with Crippen molar-refractivity contribution in [1.29, 1.82) is 0 Å². The number of hydrogen-bond donors (Lipinski definition) is 0. The molecular formula is C17H16OS. The molecule has 2 aromatic rings. The quantitative estimate of drug-likeness (QED) is 0.688. The molecule has 0 saturated heterocycles. The van der Waals surface area contributed by atoms with Gasteiger partial charge in [0.25, 0.3) is 0 Å². The zero-order valence-electron chi connectivity index (χ0n) is 11.1. The Morgan fingerprint density at radius 3 is 2.79 bits per heavy atom. The van der Waals surface area contributed by atoms with Crippen LogP contribution in [0, 0.1) is 17.8 Å². The largest absolute Gasteiger partial charge is 0.299 e. The first-order valence-corrected chi connectivity index (χ1v) is 7.73. The lowest BCUT2D eigenvalue weighted by molar-refractivity contribution is -0.122. The average molecular weight is 268 g/mol. The SMILES string of the molecule is CC1C(=O)C2C=Cc3sc4ccccc4c3C2C1C. The van der Waals surface area contributed by atoms with E-state index >= 15 is 0 Å². The van der Waals surface area contributed by atoms with Crippen LogP contribution in [0.4, 0.5) is 0 Å². The number of Topliss-reactive ketones (excluding diaryl/α,β-unsaturated/α-hetero) is 1. The maximum absolute atomic E-state index is 12.4. The molecule has 19 heavy (non-hydrogen) atoms. The highest BCUT2D eigenvalue weighted by atomic mass is 32.1. The van der Waals surface area contributed by atoms with Crippen molar-refractivity contribution in [3.05, 3.63) is 40.8 Å². The van der Waals surface area contributed by atoms with E-state index in [1.165, 1.54) is 20.5 Å². The van der Waals surface area contributed by atoms with Crippen LogP contribution in [0.1, 0.15) is 30.2 Å². The molecule has 0 spiro atoms. The Labute approximate surface area is 116 Å². The number of benzene rings is 1. The van der Waals surface area contributed by atoms with Gasteiger partial charge in [0.1, 0.15) is 5.78 Å². The van der Waals surface area contributed by atoms with Crippen molar-refractivity contribution >= 4 is 33.3 Å². The summed E-state index contributed by atoms with van der Waals surface area (Å²) in [6, 6.07) is 8.60. The van der Waals surface area contributed by atoms with Gasteiger partial charge in [0.2, 0.25) is 0 Å². The van der Waals surface area contributed by atoms with E-state index in [0.717, 1.165) is 0 Å². The molecule has 4 atom stereocenters. The summed E-state index contributed by atoms with van der Waals surface area (Å²) in [7, 11) is 0. The van der Waals surface area contributed by atoms with Crippen molar-refractivity contribution in [2.24, 2.45) is 17.8 Å². The third-order valence-corrected chi connectivity index (χ3v) is 6.12. The summed E-state index contributed by atoms with van der Waals surface area (Å²) in [4.78, 5) is 13.7. The Balaban J connectivity index is 2.00. The van der Waals surface area contributed by atoms with Crippen LogP contribution >= 0.6 is 11.3 Å². The normalized spacial score (nSPS) is 32.6. The average Bonchev–Trinajstić information content (AvgIpc) is 2.91. The van der Waals surface area contributed by atoms with E-state index in [4.69, 9.17) is 0 Å². The van der Waals surface area contributed by atoms with Crippen LogP contribution in [0.3, 0.4) is 0 Å². The van der Waals surface area contributed by atoms with Gasteiger partial charge in [-0.1, -0.05) is 38.1 Å². The van der Waals surface area contributed by atoms with Gasteiger partial charge < -0.3 is 0 Å². The van der Waals surface area contributed by atoms with Crippen LogP contribution in [0.25, 0.3) is 16.2 Å². The van der Waals surface area contributed by atoms with Gasteiger partial charge in [0.15, 0.2) is 0 Å². The van der Waals surface area contributed by atoms with Crippen molar-refractivity contribution in [1.82, 2.24) is 0 Å². The molecule has 4 unspecified atom stereocenters. The molecule has 1 aromatic heterocycles. The molecule has 1 nitrogen and oxygen atoms in total. The fraction of sp³-hybridized carbons (Fsp3) is 0.353. The molecule has 0 N–H and O–H groups in total. The molecule has 96 valence electrons. The summed E-state index contributed by atoms with van der Waals surface area (Å²) in [5.74, 6) is 1.55. The van der Waals surface area contributed by atoms with E-state index in [0.29, 0.717) is 17.6 Å². The summed E-state index contributed by atoms with van der Waals surface area (Å²) in [5, 5.41) is 1.36.